The van der Waals surface area contributed by atoms with E-state index in [1.165, 1.54) is 6.07 Å². The molecule has 0 fully saturated rings. The summed E-state index contributed by atoms with van der Waals surface area (Å²) in [7, 11) is 1.64. The number of pyridine rings is 1. The molecule has 1 aromatic heterocycles. The third-order valence-corrected chi connectivity index (χ3v) is 5.71. The number of Topliss-reactive ketones (excluding diaryl/α,β-unsaturated/α-hetero) is 1. The van der Waals surface area contributed by atoms with Crippen LogP contribution in [0.4, 0.5) is 0 Å². The summed E-state index contributed by atoms with van der Waals surface area (Å²) < 4.78 is 11.2. The van der Waals surface area contributed by atoms with Crippen LogP contribution in [0.15, 0.2) is 83.7 Å². The number of fused-ring (bicyclic) bond motifs is 1. The lowest BCUT2D eigenvalue weighted by molar-refractivity contribution is 0.0989. The topological polar surface area (TPSA) is 80.4 Å². The number of hydrogen-bond donors (Lipinski definition) is 2. The molecular weight excluding hydrogens is 428 g/mol. The van der Waals surface area contributed by atoms with Gasteiger partial charge >= 0.3 is 0 Å². The van der Waals surface area contributed by atoms with Gasteiger partial charge < -0.3 is 19.8 Å². The fraction of sp³-hybridized carbons (Fsp3) is 0.214. The Kier molecular flexibility index (Phi) is 7.40. The number of nitrogens with one attached hydrogen (secondary N) is 2. The van der Waals surface area contributed by atoms with Crippen molar-refractivity contribution < 1.29 is 14.3 Å². The molecule has 0 aliphatic carbocycles. The molecule has 1 unspecified atom stereocenters. The predicted molar refractivity (Wildman–Crippen MR) is 134 cm³/mol. The Bertz CT molecular complexity index is 1310. The fourth-order valence-corrected chi connectivity index (χ4v) is 3.87. The quantitative estimate of drug-likeness (QED) is 0.343. The summed E-state index contributed by atoms with van der Waals surface area (Å²) >= 11 is 0. The molecule has 3 aromatic carbocycles. The second-order valence-corrected chi connectivity index (χ2v) is 8.25. The summed E-state index contributed by atoms with van der Waals surface area (Å²) in [5.74, 6) is 1.31. The summed E-state index contributed by atoms with van der Waals surface area (Å²) in [4.78, 5) is 27.9. The lowest BCUT2D eigenvalue weighted by Gasteiger charge is -2.15. The standard InChI is InChI=1S/C28H28N2O4/c1-19(16-20-8-10-22(33-2)11-9-20)29-17-25(31)23-12-14-26(28-24(23)13-15-27(32)30-28)34-18-21-6-4-3-5-7-21/h3-15,19,29H,16-18H2,1-2H3,(H,30,32). The fourth-order valence-electron chi connectivity index (χ4n) is 3.87. The Morgan fingerprint density at radius 1 is 0.941 bits per heavy atom. The van der Waals surface area contributed by atoms with Gasteiger partial charge in [-0.05, 0) is 54.8 Å². The van der Waals surface area contributed by atoms with Gasteiger partial charge in [0, 0.05) is 23.1 Å². The number of rotatable bonds is 10. The number of methoxy groups -OCH3 is 1. The smallest absolute Gasteiger partial charge is 0.248 e. The van der Waals surface area contributed by atoms with E-state index in [1.807, 2.05) is 61.5 Å². The van der Waals surface area contributed by atoms with Crippen molar-refractivity contribution in [2.45, 2.75) is 26.0 Å². The zero-order chi connectivity index (χ0) is 23.9. The maximum absolute atomic E-state index is 13.1. The van der Waals surface area contributed by atoms with Crippen molar-refractivity contribution in [3.05, 3.63) is 106 Å². The Hall–Kier alpha value is -3.90. The van der Waals surface area contributed by atoms with Crippen LogP contribution in [0.2, 0.25) is 0 Å². The molecule has 0 radical (unpaired) electrons. The van der Waals surface area contributed by atoms with Crippen LogP contribution >= 0.6 is 0 Å². The number of hydrogen-bond acceptors (Lipinski definition) is 5. The minimum Gasteiger partial charge on any atom is -0.497 e. The number of ketones is 1. The van der Waals surface area contributed by atoms with E-state index in [-0.39, 0.29) is 23.9 Å². The second-order valence-electron chi connectivity index (χ2n) is 8.25. The van der Waals surface area contributed by atoms with E-state index in [0.717, 1.165) is 23.3 Å². The first-order valence-corrected chi connectivity index (χ1v) is 11.3. The molecule has 174 valence electrons. The summed E-state index contributed by atoms with van der Waals surface area (Å²) in [6, 6.07) is 24.4. The minimum absolute atomic E-state index is 0.0479. The van der Waals surface area contributed by atoms with Gasteiger partial charge in [-0.2, -0.15) is 0 Å². The van der Waals surface area contributed by atoms with Crippen LogP contribution < -0.4 is 20.3 Å². The van der Waals surface area contributed by atoms with E-state index >= 15 is 0 Å². The SMILES string of the molecule is COc1ccc(CC(C)NCC(=O)c2ccc(OCc3ccccc3)c3[nH]c(=O)ccc23)cc1. The Labute approximate surface area is 198 Å². The largest absolute Gasteiger partial charge is 0.497 e. The zero-order valence-corrected chi connectivity index (χ0v) is 19.3. The number of H-pyrrole nitrogens is 1. The normalized spacial score (nSPS) is 11.8. The van der Waals surface area contributed by atoms with Gasteiger partial charge in [0.25, 0.3) is 0 Å². The van der Waals surface area contributed by atoms with Gasteiger partial charge in [-0.3, -0.25) is 9.59 Å². The average Bonchev–Trinajstić information content (AvgIpc) is 2.87. The van der Waals surface area contributed by atoms with Crippen molar-refractivity contribution in [2.24, 2.45) is 0 Å². The lowest BCUT2D eigenvalue weighted by atomic mass is 10.0. The zero-order valence-electron chi connectivity index (χ0n) is 19.3. The van der Waals surface area contributed by atoms with Crippen LogP contribution in [0.3, 0.4) is 0 Å². The molecule has 6 heteroatoms. The van der Waals surface area contributed by atoms with E-state index in [1.54, 1.807) is 25.3 Å². The second kappa shape index (κ2) is 10.8. The first kappa shape index (κ1) is 23.3. The highest BCUT2D eigenvalue weighted by molar-refractivity contribution is 6.09. The number of aromatic amines is 1. The molecule has 34 heavy (non-hydrogen) atoms. The van der Waals surface area contributed by atoms with Crippen molar-refractivity contribution in [3.63, 3.8) is 0 Å². The van der Waals surface area contributed by atoms with E-state index in [4.69, 9.17) is 9.47 Å². The third-order valence-electron chi connectivity index (χ3n) is 5.71. The molecule has 2 N–H and O–H groups in total. The highest BCUT2D eigenvalue weighted by Gasteiger charge is 2.15. The number of carbonyl (C=O) groups excluding carboxylic acids is 1. The average molecular weight is 457 g/mol. The highest BCUT2D eigenvalue weighted by Crippen LogP contribution is 2.27. The molecule has 1 atom stereocenters. The van der Waals surface area contributed by atoms with Gasteiger partial charge in [0.1, 0.15) is 18.1 Å². The van der Waals surface area contributed by atoms with Gasteiger partial charge in [0.05, 0.1) is 19.2 Å². The number of aromatic nitrogens is 1. The molecular formula is C28H28N2O4. The molecule has 4 aromatic rings. The van der Waals surface area contributed by atoms with Crippen molar-refractivity contribution >= 4 is 16.7 Å². The van der Waals surface area contributed by atoms with Gasteiger partial charge in [0.15, 0.2) is 5.78 Å². The molecule has 0 aliphatic heterocycles. The van der Waals surface area contributed by atoms with Crippen molar-refractivity contribution in [3.8, 4) is 11.5 Å². The summed E-state index contributed by atoms with van der Waals surface area (Å²) in [6.07, 6.45) is 0.789. The summed E-state index contributed by atoms with van der Waals surface area (Å²) in [6.45, 7) is 2.61. The highest BCUT2D eigenvalue weighted by atomic mass is 16.5. The lowest BCUT2D eigenvalue weighted by Crippen LogP contribution is -2.33. The Morgan fingerprint density at radius 3 is 2.44 bits per heavy atom. The van der Waals surface area contributed by atoms with E-state index < -0.39 is 0 Å². The first-order valence-electron chi connectivity index (χ1n) is 11.3. The molecule has 0 aliphatic rings. The Morgan fingerprint density at radius 2 is 1.71 bits per heavy atom. The van der Waals surface area contributed by atoms with Crippen LogP contribution in [0.5, 0.6) is 11.5 Å². The first-order chi connectivity index (χ1) is 16.5. The molecule has 0 saturated carbocycles. The molecule has 0 bridgehead atoms. The van der Waals surface area contributed by atoms with Crippen LogP contribution in [0.25, 0.3) is 10.9 Å². The van der Waals surface area contributed by atoms with Gasteiger partial charge in [0.2, 0.25) is 5.56 Å². The molecule has 6 nitrogen and oxygen atoms in total. The van der Waals surface area contributed by atoms with Gasteiger partial charge in [-0.1, -0.05) is 42.5 Å². The summed E-state index contributed by atoms with van der Waals surface area (Å²) in [5.41, 5.74) is 3.01. The summed E-state index contributed by atoms with van der Waals surface area (Å²) in [5, 5.41) is 3.98. The van der Waals surface area contributed by atoms with Gasteiger partial charge in [-0.15, -0.1) is 0 Å². The van der Waals surface area contributed by atoms with Crippen molar-refractivity contribution in [1.82, 2.24) is 10.3 Å². The van der Waals surface area contributed by atoms with Crippen LogP contribution in [-0.4, -0.2) is 30.5 Å². The maximum atomic E-state index is 13.1. The molecule has 0 amide bonds. The molecule has 1 heterocycles. The van der Waals surface area contributed by atoms with Crippen LogP contribution in [0, 0.1) is 0 Å². The molecule has 0 saturated heterocycles. The van der Waals surface area contributed by atoms with Gasteiger partial charge in [-0.25, -0.2) is 0 Å². The molecule has 4 rings (SSSR count). The van der Waals surface area contributed by atoms with E-state index in [2.05, 4.69) is 10.3 Å². The van der Waals surface area contributed by atoms with Crippen molar-refractivity contribution in [2.75, 3.05) is 13.7 Å². The number of ether oxygens (including phenoxy) is 2. The van der Waals surface area contributed by atoms with Crippen molar-refractivity contribution in [1.29, 1.82) is 0 Å². The monoisotopic (exact) mass is 456 g/mol. The van der Waals surface area contributed by atoms with Crippen LogP contribution in [-0.2, 0) is 13.0 Å². The van der Waals surface area contributed by atoms with E-state index in [0.29, 0.717) is 28.8 Å². The van der Waals surface area contributed by atoms with Crippen LogP contribution in [0.1, 0.15) is 28.4 Å². The third kappa shape index (κ3) is 5.71. The van der Waals surface area contributed by atoms with E-state index in [9.17, 15) is 9.59 Å². The minimum atomic E-state index is -0.243. The Balaban J connectivity index is 1.46. The number of carbonyl (C=O) groups is 1. The maximum Gasteiger partial charge on any atom is 0.248 e. The predicted octanol–water partition coefficient (Wildman–Crippen LogP) is 4.52. The molecule has 0 spiro atoms. The number of benzene rings is 3.